The van der Waals surface area contributed by atoms with Crippen LogP contribution in [0.4, 0.5) is 5.69 Å². The van der Waals surface area contributed by atoms with Gasteiger partial charge >= 0.3 is 5.97 Å². The predicted octanol–water partition coefficient (Wildman–Crippen LogP) is 4.21. The van der Waals surface area contributed by atoms with E-state index in [0.29, 0.717) is 11.3 Å². The van der Waals surface area contributed by atoms with Crippen LogP contribution in [0, 0.1) is 13.8 Å². The largest absolute Gasteiger partial charge is 0.456 e. The summed E-state index contributed by atoms with van der Waals surface area (Å²) in [6.07, 6.45) is -0.0126. The first kappa shape index (κ1) is 19.8. The Bertz CT molecular complexity index is 832. The third-order valence-electron chi connectivity index (χ3n) is 3.90. The van der Waals surface area contributed by atoms with Crippen molar-refractivity contribution in [2.75, 3.05) is 11.9 Å². The predicted molar refractivity (Wildman–Crippen MR) is 103 cm³/mol. The summed E-state index contributed by atoms with van der Waals surface area (Å²) in [5.41, 5.74) is 3.31. The zero-order chi connectivity index (χ0) is 19.1. The third kappa shape index (κ3) is 5.81. The van der Waals surface area contributed by atoms with Gasteiger partial charge < -0.3 is 10.1 Å². The van der Waals surface area contributed by atoms with E-state index in [4.69, 9.17) is 4.74 Å². The smallest absolute Gasteiger partial charge is 0.306 e. The van der Waals surface area contributed by atoms with Gasteiger partial charge in [-0.3, -0.25) is 14.4 Å². The zero-order valence-corrected chi connectivity index (χ0v) is 16.3. The molecule has 6 heteroatoms. The van der Waals surface area contributed by atoms with Crippen LogP contribution >= 0.6 is 15.9 Å². The van der Waals surface area contributed by atoms with Gasteiger partial charge in [-0.15, -0.1) is 0 Å². The minimum atomic E-state index is -0.579. The van der Waals surface area contributed by atoms with Gasteiger partial charge in [0.05, 0.1) is 12.1 Å². The second kappa shape index (κ2) is 9.29. The van der Waals surface area contributed by atoms with Gasteiger partial charge in [0, 0.05) is 16.5 Å². The van der Waals surface area contributed by atoms with Gasteiger partial charge in [-0.05, 0) is 59.1 Å². The van der Waals surface area contributed by atoms with Crippen LogP contribution < -0.4 is 5.32 Å². The molecule has 5 nitrogen and oxygen atoms in total. The molecule has 136 valence electrons. The first-order chi connectivity index (χ1) is 12.4. The molecule has 0 aliphatic carbocycles. The van der Waals surface area contributed by atoms with Crippen LogP contribution in [-0.2, 0) is 14.3 Å². The molecule has 2 rings (SSSR count). The monoisotopic (exact) mass is 417 g/mol. The van der Waals surface area contributed by atoms with Crippen LogP contribution in [0.25, 0.3) is 0 Å². The maximum absolute atomic E-state index is 12.1. The van der Waals surface area contributed by atoms with Crippen molar-refractivity contribution in [3.8, 4) is 0 Å². The molecule has 0 saturated heterocycles. The average Bonchev–Trinajstić information content (AvgIpc) is 2.62. The van der Waals surface area contributed by atoms with Crippen LogP contribution in [0.2, 0.25) is 0 Å². The maximum Gasteiger partial charge on any atom is 0.306 e. The van der Waals surface area contributed by atoms with Gasteiger partial charge in [0.2, 0.25) is 0 Å². The number of carbonyl (C=O) groups excluding carboxylic acids is 3. The van der Waals surface area contributed by atoms with Crippen LogP contribution in [0.15, 0.2) is 46.9 Å². The molecule has 2 aromatic rings. The second-order valence-corrected chi connectivity index (χ2v) is 6.77. The summed E-state index contributed by atoms with van der Waals surface area (Å²) in [7, 11) is 0. The van der Waals surface area contributed by atoms with Crippen LogP contribution in [0.5, 0.6) is 0 Å². The van der Waals surface area contributed by atoms with Crippen molar-refractivity contribution in [2.24, 2.45) is 0 Å². The summed E-state index contributed by atoms with van der Waals surface area (Å²) in [6, 6.07) is 12.6. The molecule has 1 N–H and O–H groups in total. The maximum atomic E-state index is 12.1. The summed E-state index contributed by atoms with van der Waals surface area (Å²) >= 11 is 3.32. The van der Waals surface area contributed by atoms with Crippen molar-refractivity contribution >= 4 is 39.3 Å². The van der Waals surface area contributed by atoms with Crippen LogP contribution in [0.1, 0.15) is 34.3 Å². The number of esters is 1. The Labute approximate surface area is 160 Å². The molecule has 0 heterocycles. The first-order valence-electron chi connectivity index (χ1n) is 8.17. The number of nitrogens with one attached hydrogen (secondary N) is 1. The van der Waals surface area contributed by atoms with E-state index in [1.165, 1.54) is 0 Å². The molecule has 26 heavy (non-hydrogen) atoms. The molecule has 1 amide bonds. The zero-order valence-electron chi connectivity index (χ0n) is 14.7. The molecular formula is C20H20BrNO4. The van der Waals surface area contributed by atoms with E-state index in [-0.39, 0.29) is 18.6 Å². The van der Waals surface area contributed by atoms with Crippen molar-refractivity contribution in [2.45, 2.75) is 26.7 Å². The Morgan fingerprint density at radius 1 is 1.00 bits per heavy atom. The fraction of sp³-hybridized carbons (Fsp3) is 0.250. The minimum Gasteiger partial charge on any atom is -0.456 e. The topological polar surface area (TPSA) is 72.5 Å². The van der Waals surface area contributed by atoms with E-state index < -0.39 is 18.5 Å². The van der Waals surface area contributed by atoms with E-state index in [0.717, 1.165) is 15.6 Å². The number of aryl methyl sites for hydroxylation is 2. The highest BCUT2D eigenvalue weighted by atomic mass is 79.9. The highest BCUT2D eigenvalue weighted by Gasteiger charge is 2.13. The quantitative estimate of drug-likeness (QED) is 0.540. The number of ketones is 1. The number of hydrogen-bond donors (Lipinski definition) is 1. The summed E-state index contributed by atoms with van der Waals surface area (Å²) in [6.45, 7) is 3.52. The Morgan fingerprint density at radius 3 is 2.42 bits per heavy atom. The number of amides is 1. The Balaban J connectivity index is 1.76. The highest BCUT2D eigenvalue weighted by Crippen LogP contribution is 2.21. The van der Waals surface area contributed by atoms with Crippen molar-refractivity contribution in [1.82, 2.24) is 0 Å². The lowest BCUT2D eigenvalue weighted by atomic mass is 10.0. The summed E-state index contributed by atoms with van der Waals surface area (Å²) in [5.74, 6) is -1.14. The molecule has 0 radical (unpaired) electrons. The number of anilines is 1. The standard InChI is InChI=1S/C20H20BrNO4/c1-13-7-8-15(11-14(13)2)18(23)9-10-20(25)26-12-19(24)22-17-6-4-3-5-16(17)21/h3-8,11H,9-10,12H2,1-2H3,(H,22,24). The van der Waals surface area contributed by atoms with Gasteiger partial charge in [-0.2, -0.15) is 0 Å². The van der Waals surface area contributed by atoms with E-state index in [2.05, 4.69) is 21.2 Å². The molecule has 0 unspecified atom stereocenters. The fourth-order valence-electron chi connectivity index (χ4n) is 2.24. The van der Waals surface area contributed by atoms with Crippen LogP contribution in [0.3, 0.4) is 0 Å². The van der Waals surface area contributed by atoms with Crippen LogP contribution in [-0.4, -0.2) is 24.3 Å². The Kier molecular flexibility index (Phi) is 7.09. The lowest BCUT2D eigenvalue weighted by Gasteiger charge is -2.08. The highest BCUT2D eigenvalue weighted by molar-refractivity contribution is 9.10. The Morgan fingerprint density at radius 2 is 1.73 bits per heavy atom. The van der Waals surface area contributed by atoms with E-state index in [1.807, 2.05) is 32.0 Å². The second-order valence-electron chi connectivity index (χ2n) is 5.91. The molecule has 0 bridgehead atoms. The summed E-state index contributed by atoms with van der Waals surface area (Å²) in [5, 5.41) is 2.64. The summed E-state index contributed by atoms with van der Waals surface area (Å²) < 4.78 is 5.66. The number of halogens is 1. The molecule has 0 fully saturated rings. The molecular weight excluding hydrogens is 398 g/mol. The molecule has 0 aliphatic heterocycles. The molecule has 0 atom stereocenters. The minimum absolute atomic E-state index is 0.0488. The number of rotatable bonds is 7. The number of para-hydroxylation sites is 1. The molecule has 2 aromatic carbocycles. The van der Waals surface area contributed by atoms with E-state index >= 15 is 0 Å². The average molecular weight is 418 g/mol. The molecule has 0 aliphatic rings. The molecule has 0 spiro atoms. The lowest BCUT2D eigenvalue weighted by Crippen LogP contribution is -2.21. The first-order valence-corrected chi connectivity index (χ1v) is 8.96. The SMILES string of the molecule is Cc1ccc(C(=O)CCC(=O)OCC(=O)Nc2ccccc2Br)cc1C. The lowest BCUT2D eigenvalue weighted by molar-refractivity contribution is -0.147. The van der Waals surface area contributed by atoms with Gasteiger partial charge in [-0.25, -0.2) is 0 Å². The van der Waals surface area contributed by atoms with Crippen molar-refractivity contribution in [1.29, 1.82) is 0 Å². The van der Waals surface area contributed by atoms with Crippen molar-refractivity contribution in [3.63, 3.8) is 0 Å². The number of ether oxygens (including phenoxy) is 1. The molecule has 0 aromatic heterocycles. The molecule has 0 saturated carbocycles. The van der Waals surface area contributed by atoms with Gasteiger partial charge in [0.25, 0.3) is 5.91 Å². The fourth-order valence-corrected chi connectivity index (χ4v) is 2.63. The number of carbonyl (C=O) groups is 3. The number of benzene rings is 2. The number of Topliss-reactive ketones (excluding diaryl/α,β-unsaturated/α-hetero) is 1. The van der Waals surface area contributed by atoms with Gasteiger partial charge in [0.15, 0.2) is 12.4 Å². The van der Waals surface area contributed by atoms with Gasteiger partial charge in [0.1, 0.15) is 0 Å². The summed E-state index contributed by atoms with van der Waals surface area (Å²) in [4.78, 5) is 35.7. The van der Waals surface area contributed by atoms with Crippen molar-refractivity contribution < 1.29 is 19.1 Å². The third-order valence-corrected chi connectivity index (χ3v) is 4.59. The normalized spacial score (nSPS) is 10.3. The van der Waals surface area contributed by atoms with Crippen molar-refractivity contribution in [3.05, 3.63) is 63.6 Å². The van der Waals surface area contributed by atoms with Gasteiger partial charge in [-0.1, -0.05) is 24.3 Å². The Hall–Kier alpha value is -2.47. The van der Waals surface area contributed by atoms with E-state index in [9.17, 15) is 14.4 Å². The van der Waals surface area contributed by atoms with E-state index in [1.54, 1.807) is 24.3 Å². The number of hydrogen-bond acceptors (Lipinski definition) is 4.